The molecular weight excluding hydrogens is 522 g/mol. The fraction of sp³-hybridized carbons (Fsp3) is 0.370. The average Bonchev–Trinajstić information content (AvgIpc) is 3.21. The predicted molar refractivity (Wildman–Crippen MR) is 146 cm³/mol. The Morgan fingerprint density at radius 2 is 2.03 bits per heavy atom. The molecule has 2 aromatic heterocycles. The molecule has 0 spiro atoms. The molecule has 5 rings (SSSR count). The van der Waals surface area contributed by atoms with Crippen LogP contribution in [-0.2, 0) is 19.1 Å². The van der Waals surface area contributed by atoms with Gasteiger partial charge in [0.25, 0.3) is 0 Å². The van der Waals surface area contributed by atoms with E-state index >= 15 is 0 Å². The molecule has 39 heavy (non-hydrogen) atoms. The summed E-state index contributed by atoms with van der Waals surface area (Å²) in [5, 5.41) is 11.8. The molecule has 2 amide bonds. The minimum atomic E-state index is -1.05. The molecule has 1 aliphatic heterocycles. The van der Waals surface area contributed by atoms with Crippen LogP contribution in [0.5, 0.6) is 11.5 Å². The van der Waals surface area contributed by atoms with Crippen molar-refractivity contribution in [2.24, 2.45) is 5.92 Å². The van der Waals surface area contributed by atoms with Crippen LogP contribution in [0.3, 0.4) is 0 Å². The largest absolute Gasteiger partial charge is 0.497 e. The van der Waals surface area contributed by atoms with Crippen LogP contribution in [0.25, 0.3) is 22.3 Å². The molecule has 2 aliphatic rings. The highest BCUT2D eigenvalue weighted by molar-refractivity contribution is 7.14. The Morgan fingerprint density at radius 1 is 1.21 bits per heavy atom. The van der Waals surface area contributed by atoms with Gasteiger partial charge in [0, 0.05) is 48.7 Å². The van der Waals surface area contributed by atoms with E-state index in [0.717, 1.165) is 5.39 Å². The number of fused-ring (bicyclic) bond motifs is 1. The second-order valence-electron chi connectivity index (χ2n) is 9.54. The number of ether oxygens (including phenoxy) is 3. The normalized spacial score (nSPS) is 23.6. The Morgan fingerprint density at radius 3 is 2.72 bits per heavy atom. The maximum atomic E-state index is 13.0. The van der Waals surface area contributed by atoms with Gasteiger partial charge in [-0.3, -0.25) is 9.59 Å². The van der Waals surface area contributed by atoms with Crippen molar-refractivity contribution in [2.45, 2.75) is 37.5 Å². The Bertz CT molecular complexity index is 1460. The number of carbonyl (C=O) groups excluding carboxylic acids is 3. The molecule has 0 bridgehead atoms. The van der Waals surface area contributed by atoms with E-state index in [4.69, 9.17) is 19.2 Å². The molecule has 1 saturated heterocycles. The number of amides is 2. The second kappa shape index (κ2) is 10.6. The standard InChI is InChI=1S/C27H29N5O6S/c1-5-15-11-27(15,25(35)37-4)32-24(34)21-9-17(12-28-21)38-23-10-20(22-13-39-26(31-22)29-14(2)33)30-19-8-16(36-3)6-7-18(19)23/h5-8,10,13,15,17,21,28H,1,9,11-12H2,2-4H3,(H,32,34)(H,29,31,33)/t15?,17?,21-,27+/m0/s1. The van der Waals surface area contributed by atoms with Crippen molar-refractivity contribution < 1.29 is 28.6 Å². The van der Waals surface area contributed by atoms with E-state index in [1.54, 1.807) is 19.3 Å². The lowest BCUT2D eigenvalue weighted by molar-refractivity contribution is -0.147. The highest BCUT2D eigenvalue weighted by Crippen LogP contribution is 2.45. The topological polar surface area (TPSA) is 141 Å². The maximum absolute atomic E-state index is 13.0. The number of rotatable bonds is 9. The molecule has 2 unspecified atom stereocenters. The molecule has 1 saturated carbocycles. The molecule has 3 aromatic rings. The molecule has 11 nitrogen and oxygen atoms in total. The number of nitrogens with zero attached hydrogens (tertiary/aromatic N) is 2. The minimum Gasteiger partial charge on any atom is -0.497 e. The summed E-state index contributed by atoms with van der Waals surface area (Å²) in [6.45, 7) is 5.61. The van der Waals surface area contributed by atoms with Crippen molar-refractivity contribution >= 4 is 45.2 Å². The zero-order valence-corrected chi connectivity index (χ0v) is 22.6. The quantitative estimate of drug-likeness (QED) is 0.270. The van der Waals surface area contributed by atoms with Crippen LogP contribution >= 0.6 is 11.3 Å². The molecule has 12 heteroatoms. The van der Waals surface area contributed by atoms with Gasteiger partial charge in [0.2, 0.25) is 11.8 Å². The SMILES string of the molecule is C=CC1C[C@]1(NC(=O)[C@@H]1CC(Oc2cc(-c3csc(NC(C)=O)n3)nc3cc(OC)ccc23)CN1)C(=O)OC. The van der Waals surface area contributed by atoms with E-state index in [1.807, 2.05) is 23.6 Å². The minimum absolute atomic E-state index is 0.155. The number of anilines is 1. The number of benzene rings is 1. The van der Waals surface area contributed by atoms with Crippen molar-refractivity contribution in [3.05, 3.63) is 42.3 Å². The zero-order chi connectivity index (χ0) is 27.7. The van der Waals surface area contributed by atoms with Gasteiger partial charge in [-0.25, -0.2) is 14.8 Å². The van der Waals surface area contributed by atoms with Gasteiger partial charge in [-0.05, 0) is 18.6 Å². The number of nitrogens with one attached hydrogen (secondary N) is 3. The first-order valence-electron chi connectivity index (χ1n) is 12.4. The summed E-state index contributed by atoms with van der Waals surface area (Å²) in [7, 11) is 2.89. The van der Waals surface area contributed by atoms with Crippen LogP contribution in [0.4, 0.5) is 5.13 Å². The van der Waals surface area contributed by atoms with Crippen LogP contribution in [0, 0.1) is 5.92 Å². The van der Waals surface area contributed by atoms with Gasteiger partial charge >= 0.3 is 5.97 Å². The van der Waals surface area contributed by atoms with Crippen LogP contribution < -0.4 is 25.4 Å². The zero-order valence-electron chi connectivity index (χ0n) is 21.8. The first-order valence-corrected chi connectivity index (χ1v) is 13.3. The fourth-order valence-electron chi connectivity index (χ4n) is 4.79. The molecule has 3 heterocycles. The van der Waals surface area contributed by atoms with Crippen molar-refractivity contribution in [3.63, 3.8) is 0 Å². The number of hydrogen-bond donors (Lipinski definition) is 3. The van der Waals surface area contributed by atoms with Crippen molar-refractivity contribution in [3.8, 4) is 22.9 Å². The molecule has 1 aliphatic carbocycles. The number of thiazole rings is 1. The molecule has 204 valence electrons. The Hall–Kier alpha value is -4.03. The summed E-state index contributed by atoms with van der Waals surface area (Å²) in [4.78, 5) is 46.0. The van der Waals surface area contributed by atoms with Crippen LogP contribution in [-0.4, -0.2) is 66.2 Å². The summed E-state index contributed by atoms with van der Waals surface area (Å²) in [6.07, 6.45) is 2.22. The Balaban J connectivity index is 1.36. The third-order valence-electron chi connectivity index (χ3n) is 6.92. The Labute approximate surface area is 228 Å². The second-order valence-corrected chi connectivity index (χ2v) is 10.4. The Kier molecular flexibility index (Phi) is 7.23. The van der Waals surface area contributed by atoms with E-state index in [1.165, 1.54) is 25.4 Å². The predicted octanol–water partition coefficient (Wildman–Crippen LogP) is 2.67. The molecule has 3 N–H and O–H groups in total. The summed E-state index contributed by atoms with van der Waals surface area (Å²) in [5.41, 5.74) is 0.769. The number of hydrogen-bond acceptors (Lipinski definition) is 10. The summed E-state index contributed by atoms with van der Waals surface area (Å²) in [6, 6.07) is 6.79. The van der Waals surface area contributed by atoms with Gasteiger partial charge in [-0.1, -0.05) is 6.08 Å². The number of carbonyl (C=O) groups is 3. The highest BCUT2D eigenvalue weighted by Gasteiger charge is 2.61. The maximum Gasteiger partial charge on any atom is 0.332 e. The molecule has 4 atom stereocenters. The van der Waals surface area contributed by atoms with Crippen LogP contribution in [0.2, 0.25) is 0 Å². The summed E-state index contributed by atoms with van der Waals surface area (Å²) >= 11 is 1.30. The van der Waals surface area contributed by atoms with Crippen molar-refractivity contribution in [2.75, 3.05) is 26.1 Å². The lowest BCUT2D eigenvalue weighted by Crippen LogP contribution is -2.51. The highest BCUT2D eigenvalue weighted by atomic mass is 32.1. The van der Waals surface area contributed by atoms with Gasteiger partial charge in [0.05, 0.1) is 31.5 Å². The lowest BCUT2D eigenvalue weighted by Gasteiger charge is -2.19. The van der Waals surface area contributed by atoms with Gasteiger partial charge in [-0.2, -0.15) is 0 Å². The molecule has 1 aromatic carbocycles. The first-order chi connectivity index (χ1) is 18.8. The average molecular weight is 552 g/mol. The van der Waals surface area contributed by atoms with Gasteiger partial charge in [-0.15, -0.1) is 17.9 Å². The van der Waals surface area contributed by atoms with Crippen LogP contribution in [0.15, 0.2) is 42.3 Å². The molecule has 2 fully saturated rings. The third kappa shape index (κ3) is 5.30. The van der Waals surface area contributed by atoms with E-state index < -0.39 is 17.6 Å². The number of aromatic nitrogens is 2. The lowest BCUT2D eigenvalue weighted by atomic mass is 10.1. The number of pyridine rings is 1. The number of methoxy groups -OCH3 is 2. The monoisotopic (exact) mass is 551 g/mol. The van der Waals surface area contributed by atoms with Crippen molar-refractivity contribution in [1.29, 1.82) is 0 Å². The smallest absolute Gasteiger partial charge is 0.332 e. The first kappa shape index (κ1) is 26.6. The number of esters is 1. The van der Waals surface area contributed by atoms with Gasteiger partial charge in [0.15, 0.2) is 5.13 Å². The van der Waals surface area contributed by atoms with Crippen molar-refractivity contribution in [1.82, 2.24) is 20.6 Å². The van der Waals surface area contributed by atoms with E-state index in [-0.39, 0.29) is 23.8 Å². The third-order valence-corrected chi connectivity index (χ3v) is 7.68. The van der Waals surface area contributed by atoms with E-state index in [0.29, 0.717) is 52.9 Å². The van der Waals surface area contributed by atoms with Gasteiger partial charge < -0.3 is 30.2 Å². The molecular formula is C27H29N5O6S. The fourth-order valence-corrected chi connectivity index (χ4v) is 5.55. The summed E-state index contributed by atoms with van der Waals surface area (Å²) in [5.74, 6) is 0.113. The van der Waals surface area contributed by atoms with Gasteiger partial charge in [0.1, 0.15) is 28.8 Å². The van der Waals surface area contributed by atoms with E-state index in [9.17, 15) is 14.4 Å². The summed E-state index contributed by atoms with van der Waals surface area (Å²) < 4.78 is 16.7. The van der Waals surface area contributed by atoms with E-state index in [2.05, 4.69) is 27.5 Å². The van der Waals surface area contributed by atoms with Crippen LogP contribution in [0.1, 0.15) is 19.8 Å². The molecule has 0 radical (unpaired) electrons.